The second-order valence-corrected chi connectivity index (χ2v) is 3.97. The lowest BCUT2D eigenvalue weighted by molar-refractivity contribution is -0.109. The Morgan fingerprint density at radius 3 is 3.07 bits per heavy atom. The largest absolute Gasteiger partial charge is 0.392 e. The molecule has 0 aliphatic rings. The molecule has 0 bridgehead atoms. The lowest BCUT2D eigenvalue weighted by Gasteiger charge is -1.94. The van der Waals surface area contributed by atoms with Crippen LogP contribution in [-0.4, -0.2) is 21.0 Å². The van der Waals surface area contributed by atoms with E-state index in [4.69, 9.17) is 5.11 Å². The van der Waals surface area contributed by atoms with Crippen LogP contribution in [0.3, 0.4) is 0 Å². The van der Waals surface area contributed by atoms with Gasteiger partial charge in [-0.2, -0.15) is 0 Å². The van der Waals surface area contributed by atoms with E-state index in [2.05, 4.69) is 16.8 Å². The number of hydrogen-bond donors (Lipinski definition) is 1. The van der Waals surface area contributed by atoms with E-state index in [1.165, 1.54) is 18.7 Å². The fraction of sp³-hybridized carbons (Fsp3) is 0.273. The molecule has 0 aliphatic heterocycles. The van der Waals surface area contributed by atoms with Gasteiger partial charge < -0.3 is 5.11 Å². The molecule has 0 aliphatic carbocycles. The molecule has 15 heavy (non-hydrogen) atoms. The van der Waals surface area contributed by atoms with Gasteiger partial charge in [-0.3, -0.25) is 9.78 Å². The van der Waals surface area contributed by atoms with E-state index in [0.717, 1.165) is 11.1 Å². The van der Waals surface area contributed by atoms with Crippen molar-refractivity contribution >= 4 is 16.9 Å². The third kappa shape index (κ3) is 4.63. The standard InChI is InChI=1S/C11H11NO2S/c1-9(14)15-4-2-3-10-5-11(8-13)7-12-6-10/h5-7,13H,4,8H2,1H3. The Labute approximate surface area is 92.9 Å². The van der Waals surface area contributed by atoms with Crippen LogP contribution in [0.2, 0.25) is 0 Å². The molecule has 1 N–H and O–H groups in total. The maximum absolute atomic E-state index is 10.6. The monoisotopic (exact) mass is 221 g/mol. The summed E-state index contributed by atoms with van der Waals surface area (Å²) in [5, 5.41) is 8.93. The third-order valence-electron chi connectivity index (χ3n) is 1.56. The molecule has 4 heteroatoms. The van der Waals surface area contributed by atoms with Crippen molar-refractivity contribution in [3.8, 4) is 11.8 Å². The molecule has 0 radical (unpaired) electrons. The molecule has 0 fully saturated rings. The molecular formula is C11H11NO2S. The van der Waals surface area contributed by atoms with Crippen molar-refractivity contribution in [3.05, 3.63) is 29.6 Å². The molecule has 0 atom stereocenters. The van der Waals surface area contributed by atoms with E-state index < -0.39 is 0 Å². The first-order valence-electron chi connectivity index (χ1n) is 4.39. The predicted octanol–water partition coefficient (Wildman–Crippen LogP) is 1.21. The number of carbonyl (C=O) groups is 1. The Bertz CT molecular complexity index is 407. The zero-order valence-electron chi connectivity index (χ0n) is 8.36. The lowest BCUT2D eigenvalue weighted by atomic mass is 10.2. The van der Waals surface area contributed by atoms with E-state index in [1.807, 2.05) is 0 Å². The average Bonchev–Trinajstić information content (AvgIpc) is 2.24. The van der Waals surface area contributed by atoms with Crippen LogP contribution in [-0.2, 0) is 11.4 Å². The maximum Gasteiger partial charge on any atom is 0.186 e. The van der Waals surface area contributed by atoms with Gasteiger partial charge in [0, 0.05) is 24.9 Å². The Morgan fingerprint density at radius 2 is 2.40 bits per heavy atom. The third-order valence-corrected chi connectivity index (χ3v) is 2.25. The fourth-order valence-corrected chi connectivity index (χ4v) is 1.27. The molecule has 0 aromatic carbocycles. The van der Waals surface area contributed by atoms with E-state index in [1.54, 1.807) is 18.5 Å². The highest BCUT2D eigenvalue weighted by molar-refractivity contribution is 8.13. The summed E-state index contributed by atoms with van der Waals surface area (Å²) in [6.07, 6.45) is 3.22. The van der Waals surface area contributed by atoms with E-state index in [9.17, 15) is 4.79 Å². The van der Waals surface area contributed by atoms with Crippen LogP contribution in [0.15, 0.2) is 18.5 Å². The molecule has 3 nitrogen and oxygen atoms in total. The van der Waals surface area contributed by atoms with Crippen molar-refractivity contribution in [1.82, 2.24) is 4.98 Å². The Balaban J connectivity index is 2.59. The van der Waals surface area contributed by atoms with Crippen LogP contribution in [0.4, 0.5) is 0 Å². The minimum atomic E-state index is -0.0370. The summed E-state index contributed by atoms with van der Waals surface area (Å²) in [4.78, 5) is 14.5. The van der Waals surface area contributed by atoms with Crippen molar-refractivity contribution in [2.45, 2.75) is 13.5 Å². The average molecular weight is 221 g/mol. The van der Waals surface area contributed by atoms with Crippen LogP contribution in [0.1, 0.15) is 18.1 Å². The van der Waals surface area contributed by atoms with Crippen LogP contribution in [0, 0.1) is 11.8 Å². The Morgan fingerprint density at radius 1 is 1.60 bits per heavy atom. The first-order chi connectivity index (χ1) is 7.22. The summed E-state index contributed by atoms with van der Waals surface area (Å²) >= 11 is 1.18. The SMILES string of the molecule is CC(=O)SCC#Cc1cncc(CO)c1. The van der Waals surface area contributed by atoms with Crippen molar-refractivity contribution < 1.29 is 9.90 Å². The van der Waals surface area contributed by atoms with Gasteiger partial charge in [0.05, 0.1) is 12.4 Å². The van der Waals surface area contributed by atoms with Crippen LogP contribution < -0.4 is 0 Å². The minimum Gasteiger partial charge on any atom is -0.392 e. The molecule has 1 aromatic rings. The molecule has 0 saturated carbocycles. The highest BCUT2D eigenvalue weighted by Crippen LogP contribution is 2.02. The molecule has 0 amide bonds. The van der Waals surface area contributed by atoms with Gasteiger partial charge >= 0.3 is 0 Å². The van der Waals surface area contributed by atoms with Gasteiger partial charge in [-0.15, -0.1) is 0 Å². The molecule has 0 unspecified atom stereocenters. The Hall–Kier alpha value is -1.31. The number of carbonyl (C=O) groups excluding carboxylic acids is 1. The van der Waals surface area contributed by atoms with Gasteiger partial charge in [-0.25, -0.2) is 0 Å². The van der Waals surface area contributed by atoms with Crippen molar-refractivity contribution in [3.63, 3.8) is 0 Å². The number of aliphatic hydroxyl groups is 1. The van der Waals surface area contributed by atoms with Gasteiger partial charge in [0.1, 0.15) is 0 Å². The maximum atomic E-state index is 10.6. The van der Waals surface area contributed by atoms with Gasteiger partial charge in [0.15, 0.2) is 5.12 Å². The first-order valence-corrected chi connectivity index (χ1v) is 5.38. The number of aromatic nitrogens is 1. The highest BCUT2D eigenvalue weighted by atomic mass is 32.2. The topological polar surface area (TPSA) is 50.2 Å². The van der Waals surface area contributed by atoms with Crippen molar-refractivity contribution in [1.29, 1.82) is 0 Å². The van der Waals surface area contributed by atoms with E-state index >= 15 is 0 Å². The lowest BCUT2D eigenvalue weighted by Crippen LogP contribution is -1.87. The molecule has 0 spiro atoms. The minimum absolute atomic E-state index is 0.0370. The number of nitrogens with zero attached hydrogens (tertiary/aromatic N) is 1. The van der Waals surface area contributed by atoms with Gasteiger partial charge in [-0.1, -0.05) is 23.6 Å². The summed E-state index contributed by atoms with van der Waals surface area (Å²) in [5.74, 6) is 6.22. The number of rotatable bonds is 2. The Kier molecular flexibility index (Phi) is 4.88. The van der Waals surface area contributed by atoms with Gasteiger partial charge in [-0.05, 0) is 11.6 Å². The molecule has 78 valence electrons. The molecular weight excluding hydrogens is 210 g/mol. The molecule has 0 saturated heterocycles. The normalized spacial score (nSPS) is 9.20. The van der Waals surface area contributed by atoms with Crippen molar-refractivity contribution in [2.24, 2.45) is 0 Å². The summed E-state index contributed by atoms with van der Waals surface area (Å²) in [5.41, 5.74) is 1.49. The second kappa shape index (κ2) is 6.23. The number of hydrogen-bond acceptors (Lipinski definition) is 4. The zero-order chi connectivity index (χ0) is 11.1. The van der Waals surface area contributed by atoms with Crippen LogP contribution >= 0.6 is 11.8 Å². The smallest absolute Gasteiger partial charge is 0.186 e. The zero-order valence-corrected chi connectivity index (χ0v) is 9.17. The van der Waals surface area contributed by atoms with Crippen LogP contribution in [0.5, 0.6) is 0 Å². The van der Waals surface area contributed by atoms with Crippen molar-refractivity contribution in [2.75, 3.05) is 5.75 Å². The first kappa shape index (κ1) is 11.8. The summed E-state index contributed by atoms with van der Waals surface area (Å²) < 4.78 is 0. The fourth-order valence-electron chi connectivity index (χ4n) is 0.918. The summed E-state index contributed by atoms with van der Waals surface area (Å²) in [6.45, 7) is 1.48. The van der Waals surface area contributed by atoms with Gasteiger partial charge in [0.2, 0.25) is 0 Å². The molecule has 1 heterocycles. The number of thioether (sulfide) groups is 1. The van der Waals surface area contributed by atoms with E-state index in [-0.39, 0.29) is 11.7 Å². The van der Waals surface area contributed by atoms with Gasteiger partial charge in [0.25, 0.3) is 0 Å². The quantitative estimate of drug-likeness (QED) is 0.762. The molecule has 1 aromatic heterocycles. The predicted molar refractivity (Wildman–Crippen MR) is 60.2 cm³/mol. The van der Waals surface area contributed by atoms with E-state index in [0.29, 0.717) is 5.75 Å². The number of pyridine rings is 1. The molecule has 1 rings (SSSR count). The second-order valence-electron chi connectivity index (χ2n) is 2.82. The van der Waals surface area contributed by atoms with Crippen LogP contribution in [0.25, 0.3) is 0 Å². The number of aliphatic hydroxyl groups excluding tert-OH is 1. The summed E-state index contributed by atoms with van der Waals surface area (Å²) in [7, 11) is 0. The highest BCUT2D eigenvalue weighted by Gasteiger charge is 1.92. The summed E-state index contributed by atoms with van der Waals surface area (Å²) in [6, 6.07) is 1.78.